The molecule has 10 heteroatoms. The summed E-state index contributed by atoms with van der Waals surface area (Å²) in [4.78, 5) is 3.24. The summed E-state index contributed by atoms with van der Waals surface area (Å²) in [6.45, 7) is -2.05. The zero-order valence-electron chi connectivity index (χ0n) is 9.43. The predicted molar refractivity (Wildman–Crippen MR) is 68.8 cm³/mol. The largest absolute Gasteiger partial charge is 0.395 e. The molecule has 0 aliphatic rings. The van der Waals surface area contributed by atoms with Crippen LogP contribution in [-0.4, -0.2) is 48.9 Å². The molecule has 19 heavy (non-hydrogen) atoms. The van der Waals surface area contributed by atoms with Crippen molar-refractivity contribution in [1.29, 1.82) is 0 Å². The molecular formula is C9H10BrClF2N2O3S. The van der Waals surface area contributed by atoms with Gasteiger partial charge in [-0.2, -0.15) is 4.31 Å². The second-order valence-electron chi connectivity index (χ2n) is 3.42. The third kappa shape index (κ3) is 4.32. The number of nitrogens with zero attached hydrogens (tertiary/aromatic N) is 2. The van der Waals surface area contributed by atoms with Gasteiger partial charge in [-0.05, 0) is 22.0 Å². The number of aliphatic hydroxyl groups excluding tert-OH is 1. The Balaban J connectivity index is 3.22. The number of aliphatic hydroxyl groups is 1. The van der Waals surface area contributed by atoms with E-state index in [1.807, 2.05) is 0 Å². The van der Waals surface area contributed by atoms with E-state index in [4.69, 9.17) is 16.7 Å². The molecule has 0 amide bonds. The number of rotatable bonds is 6. The number of pyridine rings is 1. The quantitative estimate of drug-likeness (QED) is 0.765. The van der Waals surface area contributed by atoms with Crippen molar-refractivity contribution >= 4 is 37.6 Å². The van der Waals surface area contributed by atoms with Crippen LogP contribution in [0.2, 0.25) is 5.15 Å². The summed E-state index contributed by atoms with van der Waals surface area (Å²) in [5, 5.41) is 8.46. The smallest absolute Gasteiger partial charge is 0.252 e. The number of aromatic nitrogens is 1. The van der Waals surface area contributed by atoms with Crippen LogP contribution in [0.25, 0.3) is 0 Å². The van der Waals surface area contributed by atoms with Gasteiger partial charge in [0.1, 0.15) is 10.0 Å². The molecule has 0 radical (unpaired) electrons. The molecule has 1 aromatic rings. The van der Waals surface area contributed by atoms with Gasteiger partial charge in [0.2, 0.25) is 10.0 Å². The van der Waals surface area contributed by atoms with Crippen molar-refractivity contribution in [2.75, 3.05) is 19.7 Å². The highest BCUT2D eigenvalue weighted by molar-refractivity contribution is 9.10. The summed E-state index contributed by atoms with van der Waals surface area (Å²) < 4.78 is 49.9. The van der Waals surface area contributed by atoms with Crippen molar-refractivity contribution < 1.29 is 22.3 Å². The van der Waals surface area contributed by atoms with Crippen LogP contribution in [-0.2, 0) is 10.0 Å². The molecule has 1 heterocycles. The molecule has 0 aliphatic carbocycles. The molecule has 5 nitrogen and oxygen atoms in total. The lowest BCUT2D eigenvalue weighted by Gasteiger charge is -2.21. The van der Waals surface area contributed by atoms with Gasteiger partial charge in [-0.3, -0.25) is 0 Å². The van der Waals surface area contributed by atoms with Crippen LogP contribution in [0, 0.1) is 0 Å². The SMILES string of the molecule is O=S(=O)(c1cc(Br)cnc1Cl)N(CCO)CC(F)F. The van der Waals surface area contributed by atoms with Crippen molar-refractivity contribution in [3.63, 3.8) is 0 Å². The second kappa shape index (κ2) is 6.89. The van der Waals surface area contributed by atoms with Gasteiger partial charge in [-0.15, -0.1) is 0 Å². The van der Waals surface area contributed by atoms with Gasteiger partial charge >= 0.3 is 0 Å². The Morgan fingerprint density at radius 3 is 2.68 bits per heavy atom. The summed E-state index contributed by atoms with van der Waals surface area (Å²) in [7, 11) is -4.24. The maximum absolute atomic E-state index is 12.4. The Bertz CT molecular complexity index is 544. The number of hydrogen-bond donors (Lipinski definition) is 1. The standard InChI is InChI=1S/C9H10BrClF2N2O3S/c10-6-3-7(9(11)14-4-6)19(17,18)15(1-2-16)5-8(12)13/h3-4,8,16H,1-2,5H2. The van der Waals surface area contributed by atoms with Gasteiger partial charge < -0.3 is 5.11 Å². The molecule has 0 atom stereocenters. The Kier molecular flexibility index (Phi) is 6.06. The Hall–Kier alpha value is -0.350. The van der Waals surface area contributed by atoms with Crippen LogP contribution < -0.4 is 0 Å². The lowest BCUT2D eigenvalue weighted by molar-refractivity contribution is 0.113. The van der Waals surface area contributed by atoms with Gasteiger partial charge in [0, 0.05) is 17.2 Å². The van der Waals surface area contributed by atoms with Crippen LogP contribution in [0.3, 0.4) is 0 Å². The Morgan fingerprint density at radius 2 is 2.16 bits per heavy atom. The summed E-state index contributed by atoms with van der Waals surface area (Å²) in [6, 6.07) is 1.17. The van der Waals surface area contributed by atoms with E-state index in [-0.39, 0.29) is 5.15 Å². The van der Waals surface area contributed by atoms with Gasteiger partial charge in [0.15, 0.2) is 0 Å². The van der Waals surface area contributed by atoms with Crippen molar-refractivity contribution in [2.24, 2.45) is 0 Å². The molecule has 0 aromatic carbocycles. The average molecular weight is 380 g/mol. The number of halogens is 4. The predicted octanol–water partition coefficient (Wildman–Crippen LogP) is 1.75. The summed E-state index contributed by atoms with van der Waals surface area (Å²) in [5.41, 5.74) is 0. The van der Waals surface area contributed by atoms with Crippen LogP contribution in [0.4, 0.5) is 8.78 Å². The highest BCUT2D eigenvalue weighted by Gasteiger charge is 2.29. The van der Waals surface area contributed by atoms with E-state index in [2.05, 4.69) is 20.9 Å². The van der Waals surface area contributed by atoms with Crippen molar-refractivity contribution in [2.45, 2.75) is 11.3 Å². The molecule has 0 spiro atoms. The Morgan fingerprint density at radius 1 is 1.53 bits per heavy atom. The highest BCUT2D eigenvalue weighted by Crippen LogP contribution is 2.26. The van der Waals surface area contributed by atoms with Gasteiger partial charge in [0.25, 0.3) is 6.43 Å². The topological polar surface area (TPSA) is 70.5 Å². The van der Waals surface area contributed by atoms with Gasteiger partial charge in [0.05, 0.1) is 13.2 Å². The summed E-state index contributed by atoms with van der Waals surface area (Å²) in [6.07, 6.45) is -1.58. The van der Waals surface area contributed by atoms with Crippen LogP contribution in [0.1, 0.15) is 0 Å². The molecule has 1 aromatic heterocycles. The zero-order valence-corrected chi connectivity index (χ0v) is 12.6. The van der Waals surface area contributed by atoms with Crippen molar-refractivity contribution in [1.82, 2.24) is 9.29 Å². The van der Waals surface area contributed by atoms with E-state index in [9.17, 15) is 17.2 Å². The minimum Gasteiger partial charge on any atom is -0.395 e. The van der Waals surface area contributed by atoms with Crippen molar-refractivity contribution in [3.8, 4) is 0 Å². The molecule has 0 aliphatic heterocycles. The second-order valence-corrected chi connectivity index (χ2v) is 6.60. The first kappa shape index (κ1) is 16.7. The summed E-state index contributed by atoms with van der Waals surface area (Å²) >= 11 is 8.70. The monoisotopic (exact) mass is 378 g/mol. The molecule has 1 rings (SSSR count). The van der Waals surface area contributed by atoms with E-state index >= 15 is 0 Å². The molecular weight excluding hydrogens is 370 g/mol. The molecule has 0 unspecified atom stereocenters. The maximum atomic E-state index is 12.4. The van der Waals surface area contributed by atoms with Crippen LogP contribution in [0.15, 0.2) is 21.6 Å². The zero-order chi connectivity index (χ0) is 14.6. The number of hydrogen-bond acceptors (Lipinski definition) is 4. The fourth-order valence-electron chi connectivity index (χ4n) is 1.30. The molecule has 0 bridgehead atoms. The normalized spacial score (nSPS) is 12.4. The maximum Gasteiger partial charge on any atom is 0.252 e. The number of alkyl halides is 2. The Labute approximate surface area is 122 Å². The average Bonchev–Trinajstić information content (AvgIpc) is 2.31. The molecule has 0 saturated carbocycles. The van der Waals surface area contributed by atoms with E-state index in [1.54, 1.807) is 0 Å². The van der Waals surface area contributed by atoms with Crippen LogP contribution >= 0.6 is 27.5 Å². The summed E-state index contributed by atoms with van der Waals surface area (Å²) in [5.74, 6) is 0. The molecule has 0 saturated heterocycles. The van der Waals surface area contributed by atoms with E-state index in [0.717, 1.165) is 0 Å². The van der Waals surface area contributed by atoms with E-state index < -0.39 is 41.0 Å². The lowest BCUT2D eigenvalue weighted by Crippen LogP contribution is -2.37. The third-order valence-corrected chi connectivity index (χ3v) is 4.81. The highest BCUT2D eigenvalue weighted by atomic mass is 79.9. The van der Waals surface area contributed by atoms with Gasteiger partial charge in [-0.1, -0.05) is 11.6 Å². The minimum atomic E-state index is -4.24. The first-order valence-electron chi connectivity index (χ1n) is 4.99. The molecule has 1 N–H and O–H groups in total. The first-order valence-corrected chi connectivity index (χ1v) is 7.60. The molecule has 0 fully saturated rings. The van der Waals surface area contributed by atoms with Crippen molar-refractivity contribution in [3.05, 3.63) is 21.9 Å². The molecule has 108 valence electrons. The fourth-order valence-corrected chi connectivity index (χ4v) is 3.63. The van der Waals surface area contributed by atoms with E-state index in [0.29, 0.717) is 8.78 Å². The number of sulfonamides is 1. The third-order valence-electron chi connectivity index (χ3n) is 2.08. The van der Waals surface area contributed by atoms with Crippen LogP contribution in [0.5, 0.6) is 0 Å². The lowest BCUT2D eigenvalue weighted by atomic mass is 10.5. The minimum absolute atomic E-state index is 0.319. The fraction of sp³-hybridized carbons (Fsp3) is 0.444. The van der Waals surface area contributed by atoms with E-state index in [1.165, 1.54) is 12.3 Å². The first-order chi connectivity index (χ1) is 8.78. The van der Waals surface area contributed by atoms with Gasteiger partial charge in [-0.25, -0.2) is 22.2 Å².